The molecule has 2 aromatic carbocycles. The molecule has 128 valence electrons. The van der Waals surface area contributed by atoms with Crippen LogP contribution in [0.1, 0.15) is 17.2 Å². The van der Waals surface area contributed by atoms with Gasteiger partial charge in [0, 0.05) is 5.02 Å². The molecule has 1 fully saturated rings. The molecule has 25 heavy (non-hydrogen) atoms. The molecule has 0 bridgehead atoms. The Morgan fingerprint density at radius 1 is 1.20 bits per heavy atom. The summed E-state index contributed by atoms with van der Waals surface area (Å²) in [5, 5.41) is 12.5. The van der Waals surface area contributed by atoms with Gasteiger partial charge >= 0.3 is 0 Å². The zero-order chi connectivity index (χ0) is 17.8. The van der Waals surface area contributed by atoms with Gasteiger partial charge in [-0.1, -0.05) is 35.9 Å². The number of imide groups is 1. The summed E-state index contributed by atoms with van der Waals surface area (Å²) in [6.45, 7) is 0.0908. The van der Waals surface area contributed by atoms with Gasteiger partial charge in [-0.15, -0.1) is 0 Å². The molecule has 2 N–H and O–H groups in total. The minimum Gasteiger partial charge on any atom is -0.491 e. The zero-order valence-corrected chi connectivity index (χ0v) is 14.5. The van der Waals surface area contributed by atoms with E-state index in [0.29, 0.717) is 21.2 Å². The molecule has 0 spiro atoms. The van der Waals surface area contributed by atoms with Crippen LogP contribution < -0.4 is 10.1 Å². The van der Waals surface area contributed by atoms with Crippen molar-refractivity contribution in [3.05, 3.63) is 69.6 Å². The average molecular weight is 376 g/mol. The first-order valence-corrected chi connectivity index (χ1v) is 8.62. The Balaban J connectivity index is 1.60. The molecule has 1 heterocycles. The minimum atomic E-state index is -0.787. The van der Waals surface area contributed by atoms with Gasteiger partial charge < -0.3 is 9.84 Å². The molecule has 1 aliphatic rings. The number of carbonyl (C=O) groups is 2. The number of ether oxygens (including phenoxy) is 1. The van der Waals surface area contributed by atoms with Crippen LogP contribution in [0, 0.1) is 0 Å². The molecule has 0 radical (unpaired) electrons. The van der Waals surface area contributed by atoms with Crippen molar-refractivity contribution in [2.75, 3.05) is 6.61 Å². The molecule has 7 heteroatoms. The van der Waals surface area contributed by atoms with Gasteiger partial charge in [-0.3, -0.25) is 14.9 Å². The number of halogens is 1. The Hall–Kier alpha value is -2.28. The molecular formula is C18H14ClNO4S. The van der Waals surface area contributed by atoms with Crippen LogP contribution in [0.5, 0.6) is 5.75 Å². The van der Waals surface area contributed by atoms with Crippen LogP contribution in [-0.4, -0.2) is 22.9 Å². The van der Waals surface area contributed by atoms with Crippen LogP contribution >= 0.6 is 23.4 Å². The fraction of sp³-hybridized carbons (Fsp3) is 0.111. The predicted octanol–water partition coefficient (Wildman–Crippen LogP) is 3.78. The molecule has 1 unspecified atom stereocenters. The number of nitrogens with one attached hydrogen (secondary N) is 1. The third kappa shape index (κ3) is 4.63. The highest BCUT2D eigenvalue weighted by molar-refractivity contribution is 8.18. The lowest BCUT2D eigenvalue weighted by atomic mass is 10.1. The summed E-state index contributed by atoms with van der Waals surface area (Å²) in [4.78, 5) is 23.0. The highest BCUT2D eigenvalue weighted by atomic mass is 35.5. The smallest absolute Gasteiger partial charge is 0.290 e. The molecule has 2 aromatic rings. The maximum atomic E-state index is 11.5. The number of thioether (sulfide) groups is 1. The SMILES string of the molecule is O=C1NC(=O)/C(=C/c2ccc(OCC(O)c3cccc(Cl)c3)cc2)S1. The van der Waals surface area contributed by atoms with E-state index in [-0.39, 0.29) is 17.8 Å². The molecular weight excluding hydrogens is 362 g/mol. The Kier molecular flexibility index (Phi) is 5.43. The average Bonchev–Trinajstić information content (AvgIpc) is 2.91. The number of hydrogen-bond donors (Lipinski definition) is 2. The summed E-state index contributed by atoms with van der Waals surface area (Å²) in [5.41, 5.74) is 1.46. The van der Waals surface area contributed by atoms with Gasteiger partial charge in [-0.2, -0.15) is 0 Å². The number of aliphatic hydroxyl groups excluding tert-OH is 1. The summed E-state index contributed by atoms with van der Waals surface area (Å²) >= 11 is 6.78. The van der Waals surface area contributed by atoms with Gasteiger partial charge in [-0.25, -0.2) is 0 Å². The third-order valence-electron chi connectivity index (χ3n) is 3.46. The van der Waals surface area contributed by atoms with Crippen LogP contribution in [0.2, 0.25) is 5.02 Å². The van der Waals surface area contributed by atoms with Crippen molar-refractivity contribution < 1.29 is 19.4 Å². The van der Waals surface area contributed by atoms with E-state index in [2.05, 4.69) is 5.32 Å². The van der Waals surface area contributed by atoms with Crippen molar-refractivity contribution in [2.45, 2.75) is 6.10 Å². The van der Waals surface area contributed by atoms with Crippen molar-refractivity contribution in [3.63, 3.8) is 0 Å². The third-order valence-corrected chi connectivity index (χ3v) is 4.51. The summed E-state index contributed by atoms with van der Waals surface area (Å²) in [5.74, 6) is 0.197. The van der Waals surface area contributed by atoms with Crippen LogP contribution in [0.15, 0.2) is 53.4 Å². The quantitative estimate of drug-likeness (QED) is 0.778. The second kappa shape index (κ2) is 7.74. The number of rotatable bonds is 5. The Bertz CT molecular complexity index is 835. The summed E-state index contributed by atoms with van der Waals surface area (Å²) in [7, 11) is 0. The molecule has 5 nitrogen and oxygen atoms in total. The Labute approximate surface area is 153 Å². The van der Waals surface area contributed by atoms with Crippen LogP contribution in [0.3, 0.4) is 0 Å². The lowest BCUT2D eigenvalue weighted by Gasteiger charge is -2.13. The van der Waals surface area contributed by atoms with Crippen molar-refractivity contribution in [1.82, 2.24) is 5.32 Å². The molecule has 0 aliphatic carbocycles. The number of benzene rings is 2. The second-order valence-electron chi connectivity index (χ2n) is 5.30. The molecule has 1 saturated heterocycles. The maximum absolute atomic E-state index is 11.5. The number of amides is 2. The first-order valence-electron chi connectivity index (χ1n) is 7.42. The van der Waals surface area contributed by atoms with E-state index < -0.39 is 6.10 Å². The summed E-state index contributed by atoms with van der Waals surface area (Å²) in [6.07, 6.45) is 0.847. The molecule has 1 atom stereocenters. The van der Waals surface area contributed by atoms with Crippen LogP contribution in [0.25, 0.3) is 6.08 Å². The topological polar surface area (TPSA) is 75.6 Å². The number of aliphatic hydroxyl groups is 1. The van der Waals surface area contributed by atoms with Crippen molar-refractivity contribution >= 4 is 40.6 Å². The maximum Gasteiger partial charge on any atom is 0.290 e. The summed E-state index contributed by atoms with van der Waals surface area (Å²) in [6, 6.07) is 14.0. The fourth-order valence-electron chi connectivity index (χ4n) is 2.22. The van der Waals surface area contributed by atoms with E-state index in [1.54, 1.807) is 54.6 Å². The Morgan fingerprint density at radius 2 is 1.96 bits per heavy atom. The minimum absolute atomic E-state index is 0.0908. The van der Waals surface area contributed by atoms with E-state index in [1.807, 2.05) is 0 Å². The number of carbonyl (C=O) groups excluding carboxylic acids is 2. The largest absolute Gasteiger partial charge is 0.491 e. The van der Waals surface area contributed by atoms with E-state index in [9.17, 15) is 14.7 Å². The van der Waals surface area contributed by atoms with Crippen LogP contribution in [-0.2, 0) is 4.79 Å². The second-order valence-corrected chi connectivity index (χ2v) is 6.75. The van der Waals surface area contributed by atoms with Crippen molar-refractivity contribution in [1.29, 1.82) is 0 Å². The first kappa shape index (κ1) is 17.5. The van der Waals surface area contributed by atoms with Gasteiger partial charge in [0.2, 0.25) is 0 Å². The van der Waals surface area contributed by atoms with Gasteiger partial charge in [0.1, 0.15) is 18.5 Å². The lowest BCUT2D eigenvalue weighted by Crippen LogP contribution is -2.17. The molecule has 1 aliphatic heterocycles. The van der Waals surface area contributed by atoms with E-state index >= 15 is 0 Å². The van der Waals surface area contributed by atoms with Gasteiger partial charge in [0.05, 0.1) is 4.91 Å². The number of hydrogen-bond acceptors (Lipinski definition) is 5. The molecule has 3 rings (SSSR count). The monoisotopic (exact) mass is 375 g/mol. The van der Waals surface area contributed by atoms with Crippen LogP contribution in [0.4, 0.5) is 4.79 Å². The molecule has 0 saturated carbocycles. The predicted molar refractivity (Wildman–Crippen MR) is 97.5 cm³/mol. The fourth-order valence-corrected chi connectivity index (χ4v) is 3.10. The molecule has 0 aromatic heterocycles. The highest BCUT2D eigenvalue weighted by Crippen LogP contribution is 2.26. The summed E-state index contributed by atoms with van der Waals surface area (Å²) < 4.78 is 5.57. The van der Waals surface area contributed by atoms with Gasteiger partial charge in [0.15, 0.2) is 0 Å². The highest BCUT2D eigenvalue weighted by Gasteiger charge is 2.24. The van der Waals surface area contributed by atoms with Gasteiger partial charge in [0.25, 0.3) is 11.1 Å². The van der Waals surface area contributed by atoms with E-state index in [4.69, 9.17) is 16.3 Å². The van der Waals surface area contributed by atoms with E-state index in [1.165, 1.54) is 0 Å². The zero-order valence-electron chi connectivity index (χ0n) is 12.9. The Morgan fingerprint density at radius 3 is 2.60 bits per heavy atom. The van der Waals surface area contributed by atoms with E-state index in [0.717, 1.165) is 17.3 Å². The first-order chi connectivity index (χ1) is 12.0. The van der Waals surface area contributed by atoms with Crippen molar-refractivity contribution in [2.24, 2.45) is 0 Å². The normalized spacial score (nSPS) is 16.8. The lowest BCUT2D eigenvalue weighted by molar-refractivity contribution is -0.115. The van der Waals surface area contributed by atoms with Gasteiger partial charge in [-0.05, 0) is 53.2 Å². The molecule has 2 amide bonds. The van der Waals surface area contributed by atoms with Crippen molar-refractivity contribution in [3.8, 4) is 5.75 Å². The standard InChI is InChI=1S/C18H14ClNO4S/c19-13-3-1-2-12(9-13)15(21)10-24-14-6-4-11(5-7-14)8-16-17(22)20-18(23)25-16/h1-9,15,21H,10H2,(H,20,22,23)/b16-8-.